The number of phenolic OH excluding ortho intramolecular Hbond substituents is 1. The Balaban J connectivity index is 1.51. The number of hydrogen-bond acceptors (Lipinski definition) is 4. The van der Waals surface area contributed by atoms with Gasteiger partial charge < -0.3 is 15.7 Å². The summed E-state index contributed by atoms with van der Waals surface area (Å²) < 4.78 is 28.0. The lowest BCUT2D eigenvalue weighted by Crippen LogP contribution is -2.23. The van der Waals surface area contributed by atoms with Crippen molar-refractivity contribution < 1.29 is 18.7 Å². The van der Waals surface area contributed by atoms with Gasteiger partial charge in [-0.25, -0.2) is 0 Å². The number of fused-ring (bicyclic) bond motifs is 1. The number of phenols is 1. The average molecular weight is 381 g/mol. The first-order valence-corrected chi connectivity index (χ1v) is 8.75. The number of hydrogen-bond donors (Lipinski definition) is 3. The molecule has 0 aliphatic carbocycles. The van der Waals surface area contributed by atoms with Crippen LogP contribution < -0.4 is 10.6 Å². The van der Waals surface area contributed by atoms with Crippen LogP contribution in [-0.2, 0) is 17.1 Å². The first-order valence-electron chi connectivity index (χ1n) is 8.75. The Kier molecular flexibility index (Phi) is 4.43. The quantitative estimate of drug-likeness (QED) is 0.621. The molecule has 7 heteroatoms. The normalized spacial score (nSPS) is 14.4. The number of carbonyl (C=O) groups excluding carboxylic acids is 1. The van der Waals surface area contributed by atoms with E-state index in [4.69, 9.17) is 0 Å². The number of aromatic nitrogens is 1. The fourth-order valence-corrected chi connectivity index (χ4v) is 3.17. The zero-order valence-corrected chi connectivity index (χ0v) is 14.7. The highest BCUT2D eigenvalue weighted by molar-refractivity contribution is 6.04. The fourth-order valence-electron chi connectivity index (χ4n) is 3.17. The van der Waals surface area contributed by atoms with Gasteiger partial charge in [0.15, 0.2) is 0 Å². The number of benzene rings is 2. The maximum atomic E-state index is 14.0. The number of halogens is 2. The number of amides is 1. The van der Waals surface area contributed by atoms with Crippen LogP contribution in [0.4, 0.5) is 20.2 Å². The molecule has 3 aromatic rings. The van der Waals surface area contributed by atoms with E-state index in [-0.39, 0.29) is 17.0 Å². The van der Waals surface area contributed by atoms with Crippen LogP contribution in [0.5, 0.6) is 5.75 Å². The number of rotatable bonds is 5. The van der Waals surface area contributed by atoms with Crippen molar-refractivity contribution in [2.45, 2.75) is 12.3 Å². The number of carbonyl (C=O) groups is 1. The zero-order valence-electron chi connectivity index (χ0n) is 14.7. The van der Waals surface area contributed by atoms with Crippen molar-refractivity contribution in [2.75, 3.05) is 17.2 Å². The van der Waals surface area contributed by atoms with Gasteiger partial charge in [0.25, 0.3) is 5.91 Å². The third-order valence-corrected chi connectivity index (χ3v) is 4.68. The first kappa shape index (κ1) is 17.9. The lowest BCUT2D eigenvalue weighted by atomic mass is 10.0. The van der Waals surface area contributed by atoms with E-state index in [1.165, 1.54) is 12.1 Å². The molecule has 0 atom stereocenters. The molecule has 4 rings (SSSR count). The van der Waals surface area contributed by atoms with Gasteiger partial charge in [0.1, 0.15) is 5.75 Å². The number of anilines is 2. The van der Waals surface area contributed by atoms with Crippen LogP contribution >= 0.6 is 0 Å². The van der Waals surface area contributed by atoms with Gasteiger partial charge in [-0.05, 0) is 41.8 Å². The van der Waals surface area contributed by atoms with Crippen molar-refractivity contribution in [3.05, 3.63) is 72.1 Å². The van der Waals surface area contributed by atoms with Crippen molar-refractivity contribution in [1.82, 2.24) is 4.98 Å². The maximum Gasteiger partial charge on any atom is 0.352 e. The van der Waals surface area contributed by atoms with E-state index in [1.807, 2.05) is 18.2 Å². The molecular formula is C21H17F2N3O2. The van der Waals surface area contributed by atoms with Crippen molar-refractivity contribution >= 4 is 17.3 Å². The predicted octanol–water partition coefficient (Wildman–Crippen LogP) is 4.15. The van der Waals surface area contributed by atoms with E-state index in [0.29, 0.717) is 24.1 Å². The van der Waals surface area contributed by atoms with Gasteiger partial charge in [-0.3, -0.25) is 9.78 Å². The molecule has 0 spiro atoms. The lowest BCUT2D eigenvalue weighted by molar-refractivity contribution is -0.139. The smallest absolute Gasteiger partial charge is 0.352 e. The number of para-hydroxylation sites is 1. The Bertz CT molecular complexity index is 1050. The molecule has 2 heterocycles. The summed E-state index contributed by atoms with van der Waals surface area (Å²) in [6, 6.07) is 13.4. The molecule has 0 radical (unpaired) electrons. The topological polar surface area (TPSA) is 74.2 Å². The third kappa shape index (κ3) is 3.26. The van der Waals surface area contributed by atoms with E-state index in [1.54, 1.807) is 30.6 Å². The monoisotopic (exact) mass is 381 g/mol. The molecule has 0 saturated carbocycles. The Morgan fingerprint density at radius 1 is 1.07 bits per heavy atom. The highest BCUT2D eigenvalue weighted by Crippen LogP contribution is 2.42. The minimum Gasteiger partial charge on any atom is -0.508 e. The molecule has 0 unspecified atom stereocenters. The van der Waals surface area contributed by atoms with Crippen LogP contribution in [0.25, 0.3) is 11.1 Å². The molecule has 3 N–H and O–H groups in total. The molecule has 1 aromatic heterocycles. The molecule has 1 aliphatic rings. The van der Waals surface area contributed by atoms with Gasteiger partial charge in [-0.15, -0.1) is 0 Å². The van der Waals surface area contributed by atoms with E-state index in [9.17, 15) is 18.7 Å². The van der Waals surface area contributed by atoms with Crippen molar-refractivity contribution in [1.29, 1.82) is 0 Å². The molecule has 1 amide bonds. The summed E-state index contributed by atoms with van der Waals surface area (Å²) in [7, 11) is 0. The summed E-state index contributed by atoms with van der Waals surface area (Å²) >= 11 is 0. The highest BCUT2D eigenvalue weighted by Gasteiger charge is 2.48. The van der Waals surface area contributed by atoms with Crippen molar-refractivity contribution in [3.63, 3.8) is 0 Å². The number of pyridine rings is 1. The number of alkyl halides is 2. The van der Waals surface area contributed by atoms with Crippen LogP contribution in [-0.4, -0.2) is 22.5 Å². The Morgan fingerprint density at radius 2 is 1.89 bits per heavy atom. The van der Waals surface area contributed by atoms with Crippen molar-refractivity contribution in [3.8, 4) is 16.9 Å². The van der Waals surface area contributed by atoms with E-state index in [2.05, 4.69) is 15.6 Å². The Morgan fingerprint density at radius 3 is 2.71 bits per heavy atom. The lowest BCUT2D eigenvalue weighted by Gasteiger charge is -2.11. The fraction of sp³-hybridized carbons (Fsp3) is 0.143. The van der Waals surface area contributed by atoms with Crippen LogP contribution in [0.1, 0.15) is 11.1 Å². The van der Waals surface area contributed by atoms with E-state index >= 15 is 0 Å². The molecule has 5 nitrogen and oxygen atoms in total. The molecule has 2 aromatic carbocycles. The van der Waals surface area contributed by atoms with Crippen LogP contribution in [0, 0.1) is 0 Å². The summed E-state index contributed by atoms with van der Waals surface area (Å²) in [4.78, 5) is 15.6. The van der Waals surface area contributed by atoms with Crippen LogP contribution in [0.3, 0.4) is 0 Å². The molecule has 0 fully saturated rings. The molecule has 28 heavy (non-hydrogen) atoms. The maximum absolute atomic E-state index is 14.0. The Hall–Kier alpha value is -3.48. The summed E-state index contributed by atoms with van der Waals surface area (Å²) in [5.74, 6) is -4.59. The summed E-state index contributed by atoms with van der Waals surface area (Å²) in [6.45, 7) is 0.573. The minimum absolute atomic E-state index is 0.128. The van der Waals surface area contributed by atoms with Gasteiger partial charge in [-0.2, -0.15) is 8.78 Å². The zero-order chi connectivity index (χ0) is 19.7. The Labute approximate surface area is 160 Å². The first-order chi connectivity index (χ1) is 13.4. The van der Waals surface area contributed by atoms with Gasteiger partial charge in [0, 0.05) is 24.5 Å². The molecular weight excluding hydrogens is 364 g/mol. The second-order valence-corrected chi connectivity index (χ2v) is 6.56. The molecule has 142 valence electrons. The van der Waals surface area contributed by atoms with Gasteiger partial charge in [0.2, 0.25) is 0 Å². The second-order valence-electron chi connectivity index (χ2n) is 6.56. The molecule has 1 aliphatic heterocycles. The van der Waals surface area contributed by atoms with Gasteiger partial charge >= 0.3 is 5.92 Å². The van der Waals surface area contributed by atoms with Crippen LogP contribution in [0.2, 0.25) is 0 Å². The number of nitrogens with zero attached hydrogens (tertiary/aromatic N) is 1. The predicted molar refractivity (Wildman–Crippen MR) is 102 cm³/mol. The standard InChI is InChI=1S/C21H17F2N3O2/c22-21(23)17-10-14(5-6-18(17)26-20(21)28)15-9-16(12-24-11-15)25-8-7-13-3-1-2-4-19(13)27/h1-6,9-12,25,27H,7-8H2,(H,26,28). The SMILES string of the molecule is O=C1Nc2ccc(-c3cncc(NCCc4ccccc4O)c3)cc2C1(F)F. The van der Waals surface area contributed by atoms with E-state index < -0.39 is 11.8 Å². The second kappa shape index (κ2) is 6.92. The summed E-state index contributed by atoms with van der Waals surface area (Å²) in [6.07, 6.45) is 3.84. The molecule has 0 bridgehead atoms. The largest absolute Gasteiger partial charge is 0.508 e. The number of aromatic hydroxyl groups is 1. The van der Waals surface area contributed by atoms with Crippen molar-refractivity contribution in [2.24, 2.45) is 0 Å². The van der Waals surface area contributed by atoms with Gasteiger partial charge in [-0.1, -0.05) is 24.3 Å². The summed E-state index contributed by atoms with van der Waals surface area (Å²) in [5, 5.41) is 15.2. The van der Waals surface area contributed by atoms with Gasteiger partial charge in [0.05, 0.1) is 16.9 Å². The average Bonchev–Trinajstić information content (AvgIpc) is 2.92. The molecule has 0 saturated heterocycles. The number of nitrogens with one attached hydrogen (secondary N) is 2. The minimum atomic E-state index is -3.54. The highest BCUT2D eigenvalue weighted by atomic mass is 19.3. The summed E-state index contributed by atoms with van der Waals surface area (Å²) in [5.41, 5.74) is 2.57. The third-order valence-electron chi connectivity index (χ3n) is 4.68. The van der Waals surface area contributed by atoms with Crippen LogP contribution in [0.15, 0.2) is 60.9 Å². The van der Waals surface area contributed by atoms with E-state index in [0.717, 1.165) is 11.3 Å².